The van der Waals surface area contributed by atoms with E-state index in [-0.39, 0.29) is 12.0 Å². The Morgan fingerprint density at radius 3 is 2.75 bits per heavy atom. The monoisotopic (exact) mass is 228 g/mol. The van der Waals surface area contributed by atoms with Crippen LogP contribution >= 0.6 is 0 Å². The van der Waals surface area contributed by atoms with Gasteiger partial charge in [-0.25, -0.2) is 0 Å². The van der Waals surface area contributed by atoms with E-state index in [1.54, 1.807) is 0 Å². The summed E-state index contributed by atoms with van der Waals surface area (Å²) in [6, 6.07) is 0. The minimum atomic E-state index is -0.493. The van der Waals surface area contributed by atoms with Crippen LogP contribution in [0.5, 0.6) is 0 Å². The summed E-state index contributed by atoms with van der Waals surface area (Å²) in [7, 11) is 0. The van der Waals surface area contributed by atoms with Gasteiger partial charge in [-0.3, -0.25) is 4.79 Å². The van der Waals surface area contributed by atoms with Gasteiger partial charge in [0.05, 0.1) is 11.5 Å². The van der Waals surface area contributed by atoms with E-state index in [4.69, 9.17) is 5.73 Å². The van der Waals surface area contributed by atoms with Crippen LogP contribution < -0.4 is 11.1 Å². The molecule has 0 radical (unpaired) electrons. The third-order valence-corrected chi connectivity index (χ3v) is 3.43. The zero-order valence-corrected chi connectivity index (χ0v) is 10.3. The third-order valence-electron chi connectivity index (χ3n) is 3.43. The number of nitrogens with one attached hydrogen (secondary N) is 1. The van der Waals surface area contributed by atoms with Gasteiger partial charge in [0.2, 0.25) is 5.91 Å². The second kappa shape index (κ2) is 5.64. The number of hydrogen-bond acceptors (Lipinski definition) is 3. The van der Waals surface area contributed by atoms with E-state index in [2.05, 4.69) is 5.32 Å². The fourth-order valence-electron chi connectivity index (χ4n) is 2.02. The molecule has 1 aliphatic carbocycles. The first-order valence-corrected chi connectivity index (χ1v) is 6.12. The topological polar surface area (TPSA) is 75.4 Å². The van der Waals surface area contributed by atoms with Crippen LogP contribution in [0, 0.1) is 11.3 Å². The molecule has 1 fully saturated rings. The molecule has 0 aliphatic heterocycles. The molecule has 16 heavy (non-hydrogen) atoms. The second-order valence-electron chi connectivity index (χ2n) is 5.48. The molecule has 94 valence electrons. The number of rotatable bonds is 4. The van der Waals surface area contributed by atoms with Crippen LogP contribution in [-0.4, -0.2) is 30.2 Å². The molecule has 0 aromatic carbocycles. The van der Waals surface area contributed by atoms with Gasteiger partial charge in [0.15, 0.2) is 0 Å². The Hall–Kier alpha value is -0.610. The normalized spacial score (nSPS) is 26.5. The molecule has 1 aliphatic rings. The molecule has 1 amide bonds. The minimum Gasteiger partial charge on any atom is -0.393 e. The SMILES string of the molecule is CC(C)(CN)C(=O)NCC1CCCC(O)C1. The predicted molar refractivity (Wildman–Crippen MR) is 63.8 cm³/mol. The quantitative estimate of drug-likeness (QED) is 0.661. The van der Waals surface area contributed by atoms with E-state index >= 15 is 0 Å². The summed E-state index contributed by atoms with van der Waals surface area (Å²) in [6.45, 7) is 4.71. The Morgan fingerprint density at radius 1 is 1.50 bits per heavy atom. The zero-order chi connectivity index (χ0) is 12.2. The fourth-order valence-corrected chi connectivity index (χ4v) is 2.02. The number of aliphatic hydroxyl groups excluding tert-OH is 1. The molecule has 4 N–H and O–H groups in total. The molecular weight excluding hydrogens is 204 g/mol. The van der Waals surface area contributed by atoms with Gasteiger partial charge in [0.25, 0.3) is 0 Å². The van der Waals surface area contributed by atoms with Crippen LogP contribution in [0.1, 0.15) is 39.5 Å². The molecule has 1 rings (SSSR count). The highest BCUT2D eigenvalue weighted by molar-refractivity contribution is 5.81. The third kappa shape index (κ3) is 3.76. The number of aliphatic hydroxyl groups is 1. The van der Waals surface area contributed by atoms with Crippen LogP contribution in [-0.2, 0) is 4.79 Å². The maximum atomic E-state index is 11.8. The summed E-state index contributed by atoms with van der Waals surface area (Å²) in [6.07, 6.45) is 3.68. The van der Waals surface area contributed by atoms with Crippen LogP contribution in [0.15, 0.2) is 0 Å². The summed E-state index contributed by atoms with van der Waals surface area (Å²) in [5.41, 5.74) is 5.04. The zero-order valence-electron chi connectivity index (χ0n) is 10.3. The maximum absolute atomic E-state index is 11.8. The van der Waals surface area contributed by atoms with E-state index in [1.807, 2.05) is 13.8 Å². The fraction of sp³-hybridized carbons (Fsp3) is 0.917. The lowest BCUT2D eigenvalue weighted by molar-refractivity contribution is -0.129. The molecule has 0 heterocycles. The van der Waals surface area contributed by atoms with Crippen molar-refractivity contribution < 1.29 is 9.90 Å². The summed E-state index contributed by atoms with van der Waals surface area (Å²) in [5, 5.41) is 12.5. The number of nitrogens with two attached hydrogens (primary N) is 1. The molecule has 4 heteroatoms. The number of amides is 1. The van der Waals surface area contributed by atoms with Crippen molar-refractivity contribution in [3.8, 4) is 0 Å². The lowest BCUT2D eigenvalue weighted by atomic mass is 9.86. The average molecular weight is 228 g/mol. The Bertz CT molecular complexity index is 241. The van der Waals surface area contributed by atoms with Crippen molar-refractivity contribution in [1.29, 1.82) is 0 Å². The van der Waals surface area contributed by atoms with Gasteiger partial charge in [-0.1, -0.05) is 6.42 Å². The van der Waals surface area contributed by atoms with Gasteiger partial charge < -0.3 is 16.2 Å². The Balaban J connectivity index is 2.31. The molecule has 1 saturated carbocycles. The molecule has 2 unspecified atom stereocenters. The van der Waals surface area contributed by atoms with Gasteiger partial charge in [0.1, 0.15) is 0 Å². The summed E-state index contributed by atoms with van der Waals surface area (Å²) < 4.78 is 0. The summed E-state index contributed by atoms with van der Waals surface area (Å²) >= 11 is 0. The van der Waals surface area contributed by atoms with Crippen molar-refractivity contribution in [3.63, 3.8) is 0 Å². The van der Waals surface area contributed by atoms with E-state index in [0.29, 0.717) is 19.0 Å². The van der Waals surface area contributed by atoms with Gasteiger partial charge in [-0.2, -0.15) is 0 Å². The van der Waals surface area contributed by atoms with E-state index in [9.17, 15) is 9.90 Å². The van der Waals surface area contributed by atoms with Crippen molar-refractivity contribution in [1.82, 2.24) is 5.32 Å². The number of carbonyl (C=O) groups excluding carboxylic acids is 1. The Morgan fingerprint density at radius 2 is 2.19 bits per heavy atom. The van der Waals surface area contributed by atoms with E-state index in [0.717, 1.165) is 25.7 Å². The van der Waals surface area contributed by atoms with Crippen molar-refractivity contribution >= 4 is 5.91 Å². The van der Waals surface area contributed by atoms with Gasteiger partial charge in [-0.05, 0) is 39.0 Å². The van der Waals surface area contributed by atoms with E-state index in [1.165, 1.54) is 0 Å². The van der Waals surface area contributed by atoms with Crippen molar-refractivity contribution in [2.45, 2.75) is 45.6 Å². The Kier molecular flexibility index (Phi) is 4.74. The largest absolute Gasteiger partial charge is 0.393 e. The Labute approximate surface area is 97.6 Å². The van der Waals surface area contributed by atoms with Gasteiger partial charge in [0, 0.05) is 13.1 Å². The highest BCUT2D eigenvalue weighted by Gasteiger charge is 2.27. The average Bonchev–Trinajstić information content (AvgIpc) is 2.26. The lowest BCUT2D eigenvalue weighted by Gasteiger charge is -2.28. The maximum Gasteiger partial charge on any atom is 0.226 e. The predicted octanol–water partition coefficient (Wildman–Crippen LogP) is 0.639. The van der Waals surface area contributed by atoms with Gasteiger partial charge >= 0.3 is 0 Å². The first kappa shape index (κ1) is 13.5. The highest BCUT2D eigenvalue weighted by Crippen LogP contribution is 2.23. The van der Waals surface area contributed by atoms with Crippen molar-refractivity contribution in [2.24, 2.45) is 17.1 Å². The molecule has 0 spiro atoms. The smallest absolute Gasteiger partial charge is 0.226 e. The van der Waals surface area contributed by atoms with Crippen molar-refractivity contribution in [2.75, 3.05) is 13.1 Å². The molecular formula is C12H24N2O2. The lowest BCUT2D eigenvalue weighted by Crippen LogP contribution is -2.44. The number of carbonyl (C=O) groups is 1. The van der Waals surface area contributed by atoms with E-state index < -0.39 is 5.41 Å². The molecule has 0 bridgehead atoms. The summed E-state index contributed by atoms with van der Waals surface area (Å²) in [4.78, 5) is 11.8. The standard InChI is InChI=1S/C12H24N2O2/c1-12(2,8-13)11(16)14-7-9-4-3-5-10(15)6-9/h9-10,15H,3-8,13H2,1-2H3,(H,14,16). The van der Waals surface area contributed by atoms with Gasteiger partial charge in [-0.15, -0.1) is 0 Å². The molecule has 4 nitrogen and oxygen atoms in total. The van der Waals surface area contributed by atoms with Crippen LogP contribution in [0.3, 0.4) is 0 Å². The minimum absolute atomic E-state index is 0.00932. The molecule has 2 atom stereocenters. The van der Waals surface area contributed by atoms with Crippen LogP contribution in [0.4, 0.5) is 0 Å². The van der Waals surface area contributed by atoms with Crippen LogP contribution in [0.25, 0.3) is 0 Å². The summed E-state index contributed by atoms with van der Waals surface area (Å²) in [5.74, 6) is 0.427. The molecule has 0 saturated heterocycles. The molecule has 0 aromatic heterocycles. The number of hydrogen-bond donors (Lipinski definition) is 3. The highest BCUT2D eigenvalue weighted by atomic mass is 16.3. The molecule has 0 aromatic rings. The second-order valence-corrected chi connectivity index (χ2v) is 5.48. The first-order chi connectivity index (χ1) is 7.45. The first-order valence-electron chi connectivity index (χ1n) is 6.12. The van der Waals surface area contributed by atoms with Crippen molar-refractivity contribution in [3.05, 3.63) is 0 Å². The van der Waals surface area contributed by atoms with Crippen LogP contribution in [0.2, 0.25) is 0 Å².